The Morgan fingerprint density at radius 1 is 1.00 bits per heavy atom. The lowest BCUT2D eigenvalue weighted by Gasteiger charge is -2.01. The van der Waals surface area contributed by atoms with Crippen molar-refractivity contribution in [3.63, 3.8) is 0 Å². The largest absolute Gasteiger partial charge is 0.508 e. The van der Waals surface area contributed by atoms with E-state index in [-0.39, 0.29) is 5.75 Å². The van der Waals surface area contributed by atoms with Crippen LogP contribution in [-0.2, 0) is 0 Å². The van der Waals surface area contributed by atoms with Crippen molar-refractivity contribution in [1.82, 2.24) is 4.98 Å². The fourth-order valence-corrected chi connectivity index (χ4v) is 1.76. The Bertz CT molecular complexity index is 626. The van der Waals surface area contributed by atoms with Crippen LogP contribution in [0.25, 0.3) is 22.2 Å². The van der Waals surface area contributed by atoms with Crippen LogP contribution in [0.15, 0.2) is 53.3 Å². The van der Waals surface area contributed by atoms with E-state index in [9.17, 15) is 5.11 Å². The molecule has 0 unspecified atom stereocenters. The van der Waals surface area contributed by atoms with Crippen molar-refractivity contribution in [1.29, 1.82) is 0 Å². The van der Waals surface area contributed by atoms with Crippen molar-refractivity contribution in [2.45, 2.75) is 0 Å². The van der Waals surface area contributed by atoms with Crippen LogP contribution in [-0.4, -0.2) is 10.1 Å². The lowest BCUT2D eigenvalue weighted by atomic mass is 10.0. The third-order valence-corrected chi connectivity index (χ3v) is 2.54. The number of phenols is 1. The van der Waals surface area contributed by atoms with Gasteiger partial charge in [-0.1, -0.05) is 24.3 Å². The predicted molar refractivity (Wildman–Crippen MR) is 61.1 cm³/mol. The Morgan fingerprint density at radius 2 is 1.81 bits per heavy atom. The number of rotatable bonds is 1. The maximum Gasteiger partial charge on any atom is 0.182 e. The van der Waals surface area contributed by atoms with Gasteiger partial charge in [0.25, 0.3) is 0 Å². The van der Waals surface area contributed by atoms with Crippen molar-refractivity contribution in [2.24, 2.45) is 0 Å². The molecule has 1 aromatic heterocycles. The molecule has 0 saturated carbocycles. The van der Waals surface area contributed by atoms with Crippen molar-refractivity contribution >= 4 is 11.1 Å². The Kier molecular flexibility index (Phi) is 1.90. The summed E-state index contributed by atoms with van der Waals surface area (Å²) in [7, 11) is 0. The Balaban J connectivity index is 2.25. The highest BCUT2D eigenvalue weighted by atomic mass is 16.3. The van der Waals surface area contributed by atoms with Crippen molar-refractivity contribution in [2.75, 3.05) is 0 Å². The number of fused-ring (bicyclic) bond motifs is 1. The normalized spacial score (nSPS) is 10.8. The summed E-state index contributed by atoms with van der Waals surface area (Å²) in [4.78, 5) is 4.19. The zero-order chi connectivity index (χ0) is 11.0. The van der Waals surface area contributed by atoms with E-state index in [4.69, 9.17) is 4.42 Å². The highest BCUT2D eigenvalue weighted by Crippen LogP contribution is 2.28. The quantitative estimate of drug-likeness (QED) is 0.672. The molecule has 0 spiro atoms. The number of nitrogens with zero attached hydrogens (tertiary/aromatic N) is 1. The van der Waals surface area contributed by atoms with Gasteiger partial charge in [-0.3, -0.25) is 0 Å². The summed E-state index contributed by atoms with van der Waals surface area (Å²) < 4.78 is 5.24. The zero-order valence-electron chi connectivity index (χ0n) is 8.42. The van der Waals surface area contributed by atoms with Crippen molar-refractivity contribution < 1.29 is 9.52 Å². The standard InChI is InChI=1S/C13H9NO2/c15-10-6-4-9(5-7-10)11-2-1-3-12-13(11)14-8-16-12/h1-8,15H. The Hall–Kier alpha value is -2.29. The number of phenolic OH excluding ortho intramolecular Hbond substituents is 1. The van der Waals surface area contributed by atoms with Crippen LogP contribution in [0.3, 0.4) is 0 Å². The maximum absolute atomic E-state index is 9.24. The average molecular weight is 211 g/mol. The average Bonchev–Trinajstić information content (AvgIpc) is 2.78. The van der Waals surface area contributed by atoms with Gasteiger partial charge >= 0.3 is 0 Å². The summed E-state index contributed by atoms with van der Waals surface area (Å²) in [5, 5.41) is 9.24. The number of hydrogen-bond acceptors (Lipinski definition) is 3. The number of oxazole rings is 1. The van der Waals surface area contributed by atoms with Gasteiger partial charge in [0.2, 0.25) is 0 Å². The second kappa shape index (κ2) is 3.38. The summed E-state index contributed by atoms with van der Waals surface area (Å²) in [6.07, 6.45) is 1.44. The molecule has 78 valence electrons. The minimum absolute atomic E-state index is 0.260. The lowest BCUT2D eigenvalue weighted by molar-refractivity contribution is 0.475. The molecular formula is C13H9NO2. The second-order valence-corrected chi connectivity index (χ2v) is 3.55. The fraction of sp³-hybridized carbons (Fsp3) is 0. The van der Waals surface area contributed by atoms with Gasteiger partial charge in [-0.25, -0.2) is 4.98 Å². The van der Waals surface area contributed by atoms with Gasteiger partial charge in [0.15, 0.2) is 12.0 Å². The number of aromatic hydroxyl groups is 1. The summed E-state index contributed by atoms with van der Waals surface area (Å²) >= 11 is 0. The SMILES string of the molecule is Oc1ccc(-c2cccc3ocnc23)cc1. The first-order chi connectivity index (χ1) is 7.84. The van der Waals surface area contributed by atoms with Gasteiger partial charge in [0.1, 0.15) is 11.3 Å². The summed E-state index contributed by atoms with van der Waals surface area (Å²) in [6, 6.07) is 12.8. The van der Waals surface area contributed by atoms with E-state index in [0.29, 0.717) is 0 Å². The number of para-hydroxylation sites is 1. The van der Waals surface area contributed by atoms with Crippen LogP contribution < -0.4 is 0 Å². The highest BCUT2D eigenvalue weighted by molar-refractivity contribution is 5.90. The van der Waals surface area contributed by atoms with Crippen molar-refractivity contribution in [3.05, 3.63) is 48.9 Å². The Morgan fingerprint density at radius 3 is 2.62 bits per heavy atom. The third kappa shape index (κ3) is 1.34. The molecule has 3 nitrogen and oxygen atoms in total. The first-order valence-electron chi connectivity index (χ1n) is 4.96. The van der Waals surface area contributed by atoms with Gasteiger partial charge in [-0.15, -0.1) is 0 Å². The van der Waals surface area contributed by atoms with Crippen LogP contribution in [0.2, 0.25) is 0 Å². The van der Waals surface area contributed by atoms with Crippen LogP contribution in [0.4, 0.5) is 0 Å². The summed E-state index contributed by atoms with van der Waals surface area (Å²) in [5.74, 6) is 0.260. The van der Waals surface area contributed by atoms with Gasteiger partial charge in [-0.2, -0.15) is 0 Å². The van der Waals surface area contributed by atoms with E-state index in [1.807, 2.05) is 30.3 Å². The molecule has 3 rings (SSSR count). The first-order valence-corrected chi connectivity index (χ1v) is 4.96. The fourth-order valence-electron chi connectivity index (χ4n) is 1.76. The molecule has 3 aromatic rings. The molecule has 0 atom stereocenters. The van der Waals surface area contributed by atoms with E-state index in [1.165, 1.54) is 6.39 Å². The molecule has 3 heteroatoms. The predicted octanol–water partition coefficient (Wildman–Crippen LogP) is 3.20. The van der Waals surface area contributed by atoms with Crippen molar-refractivity contribution in [3.8, 4) is 16.9 Å². The summed E-state index contributed by atoms with van der Waals surface area (Å²) in [6.45, 7) is 0. The highest BCUT2D eigenvalue weighted by Gasteiger charge is 2.06. The zero-order valence-corrected chi connectivity index (χ0v) is 8.42. The maximum atomic E-state index is 9.24. The number of hydrogen-bond donors (Lipinski definition) is 1. The molecule has 0 amide bonds. The molecule has 2 aromatic carbocycles. The minimum atomic E-state index is 0.260. The van der Waals surface area contributed by atoms with Gasteiger partial charge in [0.05, 0.1) is 0 Å². The molecule has 0 aliphatic heterocycles. The van der Waals surface area contributed by atoms with E-state index in [2.05, 4.69) is 4.98 Å². The molecule has 1 heterocycles. The van der Waals surface area contributed by atoms with Crippen LogP contribution in [0, 0.1) is 0 Å². The van der Waals surface area contributed by atoms with E-state index >= 15 is 0 Å². The molecule has 0 aliphatic rings. The van der Waals surface area contributed by atoms with Gasteiger partial charge < -0.3 is 9.52 Å². The third-order valence-electron chi connectivity index (χ3n) is 2.54. The Labute approximate surface area is 92.0 Å². The summed E-state index contributed by atoms with van der Waals surface area (Å²) in [5.41, 5.74) is 3.63. The topological polar surface area (TPSA) is 46.3 Å². The lowest BCUT2D eigenvalue weighted by Crippen LogP contribution is -1.79. The molecular weight excluding hydrogens is 202 g/mol. The second-order valence-electron chi connectivity index (χ2n) is 3.55. The smallest absolute Gasteiger partial charge is 0.182 e. The molecule has 1 N–H and O–H groups in total. The first kappa shape index (κ1) is 8.97. The number of benzene rings is 2. The van der Waals surface area contributed by atoms with E-state index < -0.39 is 0 Å². The van der Waals surface area contributed by atoms with Crippen LogP contribution in [0.5, 0.6) is 5.75 Å². The van der Waals surface area contributed by atoms with Gasteiger partial charge in [-0.05, 0) is 23.8 Å². The van der Waals surface area contributed by atoms with Crippen LogP contribution >= 0.6 is 0 Å². The molecule has 0 radical (unpaired) electrons. The molecule has 0 fully saturated rings. The van der Waals surface area contributed by atoms with E-state index in [0.717, 1.165) is 22.2 Å². The monoisotopic (exact) mass is 211 g/mol. The molecule has 16 heavy (non-hydrogen) atoms. The van der Waals surface area contributed by atoms with E-state index in [1.54, 1.807) is 12.1 Å². The molecule has 0 bridgehead atoms. The molecule has 0 aliphatic carbocycles. The number of aromatic nitrogens is 1. The van der Waals surface area contributed by atoms with Gasteiger partial charge in [0, 0.05) is 5.56 Å². The molecule has 0 saturated heterocycles. The minimum Gasteiger partial charge on any atom is -0.508 e. The van der Waals surface area contributed by atoms with Crippen LogP contribution in [0.1, 0.15) is 0 Å².